The number of rotatable bonds is 6. The van der Waals surface area contributed by atoms with Gasteiger partial charge in [0.05, 0.1) is 34.1 Å². The van der Waals surface area contributed by atoms with Crippen molar-refractivity contribution in [2.75, 3.05) is 28.4 Å². The first-order valence-electron chi connectivity index (χ1n) is 7.15. The number of hydrogen-bond donors (Lipinski definition) is 0. The predicted molar refractivity (Wildman–Crippen MR) is 90.6 cm³/mol. The quantitative estimate of drug-likeness (QED) is 0.759. The van der Waals surface area contributed by atoms with Crippen LogP contribution in [-0.2, 0) is 4.74 Å². The molecule has 6 nitrogen and oxygen atoms in total. The summed E-state index contributed by atoms with van der Waals surface area (Å²) in [5.74, 6) is 1.14. The molecular formula is C18H19NO5. The fourth-order valence-corrected chi connectivity index (χ4v) is 2.16. The topological polar surface area (TPSA) is 66.9 Å². The molecule has 24 heavy (non-hydrogen) atoms. The molecule has 0 fully saturated rings. The van der Waals surface area contributed by atoms with Crippen molar-refractivity contribution in [1.29, 1.82) is 0 Å². The lowest BCUT2D eigenvalue weighted by atomic mass is 10.0. The maximum Gasteiger partial charge on any atom is 0.342 e. The Morgan fingerprint density at radius 2 is 1.71 bits per heavy atom. The minimum absolute atomic E-state index is 0.319. The molecule has 0 amide bonds. The van der Waals surface area contributed by atoms with Crippen LogP contribution < -0.4 is 14.2 Å². The lowest BCUT2D eigenvalue weighted by Gasteiger charge is -2.12. The van der Waals surface area contributed by atoms with Crippen molar-refractivity contribution in [3.05, 3.63) is 47.3 Å². The highest BCUT2D eigenvalue weighted by atomic mass is 16.5. The molecule has 126 valence electrons. The van der Waals surface area contributed by atoms with Gasteiger partial charge >= 0.3 is 5.97 Å². The molecule has 2 aromatic rings. The van der Waals surface area contributed by atoms with Crippen LogP contribution in [0.5, 0.6) is 17.2 Å². The third kappa shape index (κ3) is 3.84. The molecule has 0 radical (unpaired) electrons. The van der Waals surface area contributed by atoms with Crippen LogP contribution in [0.4, 0.5) is 0 Å². The zero-order chi connectivity index (χ0) is 17.5. The highest BCUT2D eigenvalue weighted by Crippen LogP contribution is 2.30. The first-order chi connectivity index (χ1) is 11.6. The van der Waals surface area contributed by atoms with Crippen molar-refractivity contribution >= 4 is 18.1 Å². The van der Waals surface area contributed by atoms with E-state index >= 15 is 0 Å². The Morgan fingerprint density at radius 1 is 0.958 bits per heavy atom. The average Bonchev–Trinajstić information content (AvgIpc) is 2.64. The molecule has 1 aromatic carbocycles. The van der Waals surface area contributed by atoms with E-state index in [1.165, 1.54) is 14.2 Å². The SMILES string of the molecule is COC(=O)c1c(C=Cc2cc(OC)ccn2)cc(OC)cc1OC. The molecule has 6 heteroatoms. The summed E-state index contributed by atoms with van der Waals surface area (Å²) in [7, 11) is 5.94. The standard InChI is InChI=1S/C18H19NO5/c1-21-14-7-8-19-13(10-14)6-5-12-9-15(22-2)11-16(23-3)17(12)18(20)24-4/h5-11H,1-4H3. The van der Waals surface area contributed by atoms with Crippen LogP contribution in [0.1, 0.15) is 21.6 Å². The van der Waals surface area contributed by atoms with E-state index in [4.69, 9.17) is 18.9 Å². The van der Waals surface area contributed by atoms with E-state index in [0.717, 1.165) is 0 Å². The van der Waals surface area contributed by atoms with E-state index in [0.29, 0.717) is 34.1 Å². The van der Waals surface area contributed by atoms with Crippen molar-refractivity contribution in [3.8, 4) is 17.2 Å². The van der Waals surface area contributed by atoms with Crippen LogP contribution in [0, 0.1) is 0 Å². The monoisotopic (exact) mass is 329 g/mol. The molecule has 1 heterocycles. The zero-order valence-corrected chi connectivity index (χ0v) is 14.0. The van der Waals surface area contributed by atoms with Gasteiger partial charge in [-0.1, -0.05) is 6.08 Å². The fraction of sp³-hybridized carbons (Fsp3) is 0.222. The Morgan fingerprint density at radius 3 is 2.33 bits per heavy atom. The number of carbonyl (C=O) groups excluding carboxylic acids is 1. The van der Waals surface area contributed by atoms with Gasteiger partial charge in [0.15, 0.2) is 0 Å². The number of ether oxygens (including phenoxy) is 4. The molecule has 1 aromatic heterocycles. The lowest BCUT2D eigenvalue weighted by Crippen LogP contribution is -2.07. The smallest absolute Gasteiger partial charge is 0.342 e. The first-order valence-corrected chi connectivity index (χ1v) is 7.15. The van der Waals surface area contributed by atoms with E-state index in [1.807, 2.05) is 0 Å². The van der Waals surface area contributed by atoms with Gasteiger partial charge in [0.2, 0.25) is 0 Å². The molecule has 0 unspecified atom stereocenters. The third-order valence-electron chi connectivity index (χ3n) is 3.37. The lowest BCUT2D eigenvalue weighted by molar-refractivity contribution is 0.0597. The summed E-state index contributed by atoms with van der Waals surface area (Å²) in [5, 5.41) is 0. The predicted octanol–water partition coefficient (Wildman–Crippen LogP) is 3.06. The molecule has 0 saturated heterocycles. The Labute approximate surface area is 140 Å². The number of carbonyl (C=O) groups is 1. The van der Waals surface area contributed by atoms with Crippen LogP contribution in [0.25, 0.3) is 12.2 Å². The molecule has 0 aliphatic heterocycles. The number of nitrogens with zero attached hydrogens (tertiary/aromatic N) is 1. The Bertz CT molecular complexity index is 755. The van der Waals surface area contributed by atoms with Crippen molar-refractivity contribution in [3.63, 3.8) is 0 Å². The summed E-state index contributed by atoms with van der Waals surface area (Å²) < 4.78 is 20.6. The molecule has 0 aliphatic carbocycles. The molecule has 0 saturated carbocycles. The van der Waals surface area contributed by atoms with Gasteiger partial charge in [-0.15, -0.1) is 0 Å². The zero-order valence-electron chi connectivity index (χ0n) is 14.0. The van der Waals surface area contributed by atoms with Gasteiger partial charge in [0.1, 0.15) is 22.8 Å². The van der Waals surface area contributed by atoms with Gasteiger partial charge in [0, 0.05) is 18.3 Å². The number of pyridine rings is 1. The van der Waals surface area contributed by atoms with Gasteiger partial charge in [0.25, 0.3) is 0 Å². The summed E-state index contributed by atoms with van der Waals surface area (Å²) in [4.78, 5) is 16.3. The Kier molecular flexibility index (Phi) is 5.78. The number of esters is 1. The molecule has 0 spiro atoms. The van der Waals surface area contributed by atoms with E-state index in [-0.39, 0.29) is 0 Å². The second-order valence-electron chi connectivity index (χ2n) is 4.74. The summed E-state index contributed by atoms with van der Waals surface area (Å²) in [6.07, 6.45) is 5.16. The minimum Gasteiger partial charge on any atom is -0.497 e. The first kappa shape index (κ1) is 17.3. The number of hydrogen-bond acceptors (Lipinski definition) is 6. The van der Waals surface area contributed by atoms with Gasteiger partial charge in [-0.2, -0.15) is 0 Å². The van der Waals surface area contributed by atoms with Crippen molar-refractivity contribution < 1.29 is 23.7 Å². The number of methoxy groups -OCH3 is 4. The second kappa shape index (κ2) is 8.01. The van der Waals surface area contributed by atoms with Crippen LogP contribution in [0.3, 0.4) is 0 Å². The van der Waals surface area contributed by atoms with Crippen molar-refractivity contribution in [2.45, 2.75) is 0 Å². The fourth-order valence-electron chi connectivity index (χ4n) is 2.16. The highest BCUT2D eigenvalue weighted by Gasteiger charge is 2.18. The summed E-state index contributed by atoms with van der Waals surface area (Å²) in [5.41, 5.74) is 1.61. The average molecular weight is 329 g/mol. The minimum atomic E-state index is -0.493. The summed E-state index contributed by atoms with van der Waals surface area (Å²) in [6, 6.07) is 6.90. The van der Waals surface area contributed by atoms with E-state index in [1.54, 1.807) is 56.8 Å². The largest absolute Gasteiger partial charge is 0.497 e. The van der Waals surface area contributed by atoms with E-state index < -0.39 is 5.97 Å². The Balaban J connectivity index is 2.50. The van der Waals surface area contributed by atoms with Crippen molar-refractivity contribution in [1.82, 2.24) is 4.98 Å². The molecular weight excluding hydrogens is 310 g/mol. The number of benzene rings is 1. The Hall–Kier alpha value is -3.02. The summed E-state index contributed by atoms with van der Waals surface area (Å²) >= 11 is 0. The summed E-state index contributed by atoms with van der Waals surface area (Å²) in [6.45, 7) is 0. The second-order valence-corrected chi connectivity index (χ2v) is 4.74. The maximum atomic E-state index is 12.1. The third-order valence-corrected chi connectivity index (χ3v) is 3.37. The molecule has 2 rings (SSSR count). The van der Waals surface area contributed by atoms with Crippen LogP contribution in [0.15, 0.2) is 30.5 Å². The maximum absolute atomic E-state index is 12.1. The van der Waals surface area contributed by atoms with Crippen LogP contribution >= 0.6 is 0 Å². The highest BCUT2D eigenvalue weighted by molar-refractivity contribution is 5.98. The van der Waals surface area contributed by atoms with Crippen molar-refractivity contribution in [2.24, 2.45) is 0 Å². The molecule has 0 aliphatic rings. The normalized spacial score (nSPS) is 10.5. The van der Waals surface area contributed by atoms with E-state index in [9.17, 15) is 4.79 Å². The van der Waals surface area contributed by atoms with Gasteiger partial charge < -0.3 is 18.9 Å². The van der Waals surface area contributed by atoms with E-state index in [2.05, 4.69) is 4.98 Å². The van der Waals surface area contributed by atoms with Crippen LogP contribution in [0.2, 0.25) is 0 Å². The van der Waals surface area contributed by atoms with Gasteiger partial charge in [-0.3, -0.25) is 4.98 Å². The van der Waals surface area contributed by atoms with Gasteiger partial charge in [-0.25, -0.2) is 4.79 Å². The molecule has 0 bridgehead atoms. The van der Waals surface area contributed by atoms with Crippen LogP contribution in [-0.4, -0.2) is 39.4 Å². The van der Waals surface area contributed by atoms with Gasteiger partial charge in [-0.05, 0) is 23.8 Å². The molecule has 0 atom stereocenters. The number of aromatic nitrogens is 1. The molecule has 0 N–H and O–H groups in total.